The largest absolute Gasteiger partial charge is 0.507 e. The number of amides is 4. The van der Waals surface area contributed by atoms with E-state index in [0.717, 1.165) is 21.0 Å². The molecular formula is C42H33Cl2N3O6S. The van der Waals surface area contributed by atoms with Gasteiger partial charge in [0, 0.05) is 21.2 Å². The number of allylic oxidation sites excluding steroid dienone is 2. The van der Waals surface area contributed by atoms with E-state index in [1.807, 2.05) is 66.1 Å². The van der Waals surface area contributed by atoms with Crippen LogP contribution < -0.4 is 10.2 Å². The summed E-state index contributed by atoms with van der Waals surface area (Å²) >= 11 is 14.3. The van der Waals surface area contributed by atoms with Gasteiger partial charge in [0.2, 0.25) is 11.8 Å². The highest BCUT2D eigenvalue weighted by atomic mass is 35.5. The number of carbonyl (C=O) groups excluding carboxylic acids is 4. The van der Waals surface area contributed by atoms with Crippen LogP contribution in [0.2, 0.25) is 10.0 Å². The molecule has 0 spiro atoms. The van der Waals surface area contributed by atoms with Crippen molar-refractivity contribution in [2.75, 3.05) is 12.5 Å². The molecule has 12 heteroatoms. The lowest BCUT2D eigenvalue weighted by Crippen LogP contribution is -2.53. The number of ether oxygens (including phenoxy) is 1. The molecule has 1 aromatic heterocycles. The molecule has 6 atom stereocenters. The van der Waals surface area contributed by atoms with E-state index in [9.17, 15) is 14.7 Å². The molecule has 2 saturated heterocycles. The Morgan fingerprint density at radius 1 is 0.889 bits per heavy atom. The van der Waals surface area contributed by atoms with Gasteiger partial charge < -0.3 is 9.84 Å². The molecule has 4 amide bonds. The van der Waals surface area contributed by atoms with Crippen LogP contribution in [0.4, 0.5) is 5.69 Å². The van der Waals surface area contributed by atoms with E-state index in [2.05, 4.69) is 5.43 Å². The number of methoxy groups -OCH3 is 1. The van der Waals surface area contributed by atoms with Crippen LogP contribution in [0, 0.1) is 23.7 Å². The third-order valence-electron chi connectivity index (χ3n) is 11.8. The summed E-state index contributed by atoms with van der Waals surface area (Å²) in [6.45, 7) is 0.187. The van der Waals surface area contributed by atoms with E-state index in [1.165, 1.54) is 22.3 Å². The third kappa shape index (κ3) is 5.03. The Kier molecular flexibility index (Phi) is 8.33. The first-order chi connectivity index (χ1) is 26.1. The lowest BCUT2D eigenvalue weighted by Gasteiger charge is -2.51. The minimum Gasteiger partial charge on any atom is -0.507 e. The second kappa shape index (κ2) is 13.0. The van der Waals surface area contributed by atoms with Crippen molar-refractivity contribution in [3.63, 3.8) is 0 Å². The van der Waals surface area contributed by atoms with E-state index in [-0.39, 0.29) is 35.6 Å². The summed E-state index contributed by atoms with van der Waals surface area (Å²) in [4.78, 5) is 61.4. The molecule has 4 aliphatic rings. The average Bonchev–Trinajstić information content (AvgIpc) is 3.84. The number of halogens is 2. The summed E-state index contributed by atoms with van der Waals surface area (Å²) in [6.07, 6.45) is 2.49. The Labute approximate surface area is 324 Å². The summed E-state index contributed by atoms with van der Waals surface area (Å²) < 4.78 is 5.51. The number of phenols is 1. The molecule has 0 unspecified atom stereocenters. The molecule has 2 aliphatic heterocycles. The first-order valence-corrected chi connectivity index (χ1v) is 19.3. The minimum atomic E-state index is -1.52. The van der Waals surface area contributed by atoms with Gasteiger partial charge in [0.15, 0.2) is 0 Å². The topological polar surface area (TPSA) is 116 Å². The van der Waals surface area contributed by atoms with Crippen molar-refractivity contribution in [2.45, 2.75) is 30.7 Å². The van der Waals surface area contributed by atoms with Crippen LogP contribution in [0.25, 0.3) is 10.8 Å². The molecule has 1 saturated carbocycles. The number of hydrogen-bond acceptors (Lipinski definition) is 8. The molecule has 2 N–H and O–H groups in total. The highest BCUT2D eigenvalue weighted by molar-refractivity contribution is 7.09. The van der Waals surface area contributed by atoms with Gasteiger partial charge in [0.25, 0.3) is 11.8 Å². The van der Waals surface area contributed by atoms with Crippen molar-refractivity contribution in [1.82, 2.24) is 9.91 Å². The van der Waals surface area contributed by atoms with Crippen molar-refractivity contribution in [3.05, 3.63) is 134 Å². The van der Waals surface area contributed by atoms with Gasteiger partial charge in [-0.2, -0.15) is 5.01 Å². The van der Waals surface area contributed by atoms with E-state index >= 15 is 9.59 Å². The van der Waals surface area contributed by atoms with Gasteiger partial charge in [0.1, 0.15) is 11.5 Å². The quantitative estimate of drug-likeness (QED) is 0.127. The van der Waals surface area contributed by atoms with Gasteiger partial charge >= 0.3 is 0 Å². The number of imide groups is 2. The Hall–Kier alpha value is -5.16. The number of rotatable bonds is 7. The summed E-state index contributed by atoms with van der Waals surface area (Å²) in [5.74, 6) is -4.39. The highest BCUT2D eigenvalue weighted by Gasteiger charge is 2.70. The van der Waals surface area contributed by atoms with Crippen LogP contribution in [-0.2, 0) is 31.1 Å². The molecule has 9 nitrogen and oxygen atoms in total. The second-order valence-electron chi connectivity index (χ2n) is 14.3. The molecule has 54 heavy (non-hydrogen) atoms. The predicted octanol–water partition coefficient (Wildman–Crippen LogP) is 8.11. The van der Waals surface area contributed by atoms with E-state index in [1.54, 1.807) is 37.4 Å². The first-order valence-electron chi connectivity index (χ1n) is 17.7. The lowest BCUT2D eigenvalue weighted by molar-refractivity contribution is -0.141. The van der Waals surface area contributed by atoms with Crippen LogP contribution in [0.15, 0.2) is 108 Å². The summed E-state index contributed by atoms with van der Waals surface area (Å²) in [6, 6.07) is 26.6. The number of nitrogens with one attached hydrogen (secondary N) is 1. The number of benzene rings is 4. The van der Waals surface area contributed by atoms with Crippen molar-refractivity contribution in [1.29, 1.82) is 0 Å². The van der Waals surface area contributed by atoms with E-state index in [4.69, 9.17) is 27.9 Å². The van der Waals surface area contributed by atoms with Gasteiger partial charge in [0.05, 0.1) is 47.5 Å². The first kappa shape index (κ1) is 34.6. The number of aromatic hydroxyl groups is 1. The normalized spacial score (nSPS) is 26.1. The molecule has 0 radical (unpaired) electrons. The summed E-state index contributed by atoms with van der Waals surface area (Å²) in [7, 11) is 1.56. The predicted molar refractivity (Wildman–Crippen MR) is 206 cm³/mol. The molecule has 272 valence electrons. The van der Waals surface area contributed by atoms with E-state index in [0.29, 0.717) is 39.2 Å². The zero-order valence-electron chi connectivity index (χ0n) is 28.9. The van der Waals surface area contributed by atoms with Crippen LogP contribution in [-0.4, -0.2) is 45.8 Å². The van der Waals surface area contributed by atoms with Crippen LogP contribution in [0.1, 0.15) is 34.8 Å². The second-order valence-corrected chi connectivity index (χ2v) is 16.1. The number of anilines is 1. The molecule has 5 aromatic rings. The monoisotopic (exact) mass is 777 g/mol. The Bertz CT molecular complexity index is 2420. The standard InChI is InChI=1S/C42H33Cl2N3O6S/c1-53-24-11-8-22(9-12-24)42-32(39(50)47(41(42)52)45-34-16-10-23(43)19-33(34)44)20-31-29(37(42)28-15-17-35(48)27-7-3-2-6-26(27)28)13-14-30-36(31)40(51)46(38(30)49)21-25-5-4-18-54-25/h2-13,15-19,30-32,36-37,45,48H,14,20-21H2,1H3/t30-,31+,32-,36-,37-,42+/m0/s1. The van der Waals surface area contributed by atoms with Crippen LogP contribution >= 0.6 is 34.5 Å². The number of hydrazine groups is 1. The maximum absolute atomic E-state index is 15.6. The SMILES string of the molecule is COc1ccc([C@@]23C(=O)N(Nc4ccc(Cl)cc4Cl)C(=O)[C@@H]2C[C@@H]2C(=CC[C@@H]4C(=O)N(Cc5cccs5)C(=O)[C@@H]42)[C@@H]3c2ccc(O)c3ccccc23)cc1. The van der Waals surface area contributed by atoms with Crippen molar-refractivity contribution >= 4 is 74.6 Å². The fourth-order valence-electron chi connectivity index (χ4n) is 9.53. The van der Waals surface area contributed by atoms with Gasteiger partial charge in [-0.25, -0.2) is 0 Å². The molecule has 3 heterocycles. The van der Waals surface area contributed by atoms with Gasteiger partial charge in [-0.3, -0.25) is 29.5 Å². The Balaban J connectivity index is 1.27. The van der Waals surface area contributed by atoms with Crippen LogP contribution in [0.5, 0.6) is 11.5 Å². The zero-order valence-corrected chi connectivity index (χ0v) is 31.2. The van der Waals surface area contributed by atoms with E-state index < -0.39 is 46.8 Å². The highest BCUT2D eigenvalue weighted by Crippen LogP contribution is 2.65. The third-order valence-corrected chi connectivity index (χ3v) is 13.2. The molecule has 0 bridgehead atoms. The van der Waals surface area contributed by atoms with Gasteiger partial charge in [-0.05, 0) is 83.1 Å². The van der Waals surface area contributed by atoms with Crippen molar-refractivity contribution in [3.8, 4) is 11.5 Å². The number of fused-ring (bicyclic) bond motifs is 5. The Morgan fingerprint density at radius 2 is 1.67 bits per heavy atom. The Morgan fingerprint density at radius 3 is 2.39 bits per heavy atom. The number of likely N-dealkylation sites (tertiary alicyclic amines) is 1. The van der Waals surface area contributed by atoms with Crippen molar-refractivity contribution < 1.29 is 29.0 Å². The smallest absolute Gasteiger partial charge is 0.260 e. The fourth-order valence-corrected chi connectivity index (χ4v) is 10.7. The molecule has 9 rings (SSSR count). The lowest BCUT2D eigenvalue weighted by atomic mass is 9.49. The number of nitrogens with zero attached hydrogens (tertiary/aromatic N) is 2. The molecule has 4 aromatic carbocycles. The maximum Gasteiger partial charge on any atom is 0.260 e. The summed E-state index contributed by atoms with van der Waals surface area (Å²) in [5, 5.41) is 15.9. The summed E-state index contributed by atoms with van der Waals surface area (Å²) in [5.41, 5.74) is 3.97. The maximum atomic E-state index is 15.6. The fraction of sp³-hybridized carbons (Fsp3) is 0.238. The average molecular weight is 779 g/mol. The molecule has 3 fully saturated rings. The van der Waals surface area contributed by atoms with Gasteiger partial charge in [-0.1, -0.05) is 83.4 Å². The number of phenolic OH excluding ortho intramolecular Hbond substituents is 1. The van der Waals surface area contributed by atoms with Crippen molar-refractivity contribution in [2.24, 2.45) is 23.7 Å². The number of carbonyl (C=O) groups is 4. The zero-order chi connectivity index (χ0) is 37.5. The molecule has 2 aliphatic carbocycles. The number of hydrogen-bond donors (Lipinski definition) is 2. The number of thiophene rings is 1. The minimum absolute atomic E-state index is 0.0738. The molecular weight excluding hydrogens is 745 g/mol. The van der Waals surface area contributed by atoms with Gasteiger partial charge in [-0.15, -0.1) is 11.3 Å². The van der Waals surface area contributed by atoms with Crippen LogP contribution in [0.3, 0.4) is 0 Å².